The summed E-state index contributed by atoms with van der Waals surface area (Å²) in [6, 6.07) is 14.4. The van der Waals surface area contributed by atoms with Crippen LogP contribution < -0.4 is 14.5 Å². The molecule has 1 saturated heterocycles. The smallest absolute Gasteiger partial charge is 0.457 e. The van der Waals surface area contributed by atoms with Gasteiger partial charge in [-0.1, -0.05) is 18.2 Å². The number of amides is 1. The number of piperidine rings is 1. The molecule has 0 saturated carbocycles. The number of carbonyl (C=O) groups excluding carboxylic acids is 1. The van der Waals surface area contributed by atoms with Crippen molar-refractivity contribution in [1.29, 1.82) is 0 Å². The average molecular weight is 575 g/mol. The molecule has 40 heavy (non-hydrogen) atoms. The Balaban J connectivity index is 1.66. The van der Waals surface area contributed by atoms with Crippen molar-refractivity contribution < 1.29 is 31.1 Å². The van der Waals surface area contributed by atoms with Gasteiger partial charge >= 0.3 is 5.51 Å². The zero-order chi connectivity index (χ0) is 28.8. The van der Waals surface area contributed by atoms with Gasteiger partial charge in [0.05, 0.1) is 16.3 Å². The summed E-state index contributed by atoms with van der Waals surface area (Å²) in [5.74, 6) is 0.975. The number of alkyl halides is 3. The van der Waals surface area contributed by atoms with Crippen LogP contribution in [0.5, 0.6) is 11.5 Å². The van der Waals surface area contributed by atoms with E-state index in [4.69, 9.17) is 9.72 Å². The van der Waals surface area contributed by atoms with Crippen LogP contribution in [0.4, 0.5) is 24.7 Å². The van der Waals surface area contributed by atoms with Gasteiger partial charge in [0, 0.05) is 18.7 Å². The lowest BCUT2D eigenvalue weighted by atomic mass is 9.99. The first-order valence-corrected chi connectivity index (χ1v) is 14.3. The Morgan fingerprint density at radius 3 is 2.30 bits per heavy atom. The van der Waals surface area contributed by atoms with Crippen molar-refractivity contribution in [3.63, 3.8) is 0 Å². The van der Waals surface area contributed by atoms with Crippen LogP contribution in [0.25, 0.3) is 11.3 Å². The number of benzene rings is 2. The second kappa shape index (κ2) is 10.4. The number of pyridine rings is 1. The van der Waals surface area contributed by atoms with E-state index in [-0.39, 0.29) is 29.0 Å². The summed E-state index contributed by atoms with van der Waals surface area (Å²) >= 11 is 0. The van der Waals surface area contributed by atoms with E-state index in [2.05, 4.69) is 4.90 Å². The molecule has 1 atom stereocenters. The third-order valence-electron chi connectivity index (χ3n) is 7.46. The van der Waals surface area contributed by atoms with Gasteiger partial charge in [0.15, 0.2) is 5.82 Å². The predicted octanol–water partition coefficient (Wildman–Crippen LogP) is 5.10. The maximum Gasteiger partial charge on any atom is 0.501 e. The number of hydrogen-bond donors (Lipinski definition) is 0. The van der Waals surface area contributed by atoms with E-state index in [1.807, 2.05) is 18.9 Å². The molecule has 3 heterocycles. The number of ether oxygens (including phenoxy) is 1. The molecule has 0 spiro atoms. The minimum absolute atomic E-state index is 0.0299. The normalized spacial score (nSPS) is 19.1. The highest BCUT2D eigenvalue weighted by molar-refractivity contribution is 7.92. The van der Waals surface area contributed by atoms with Crippen LogP contribution in [-0.2, 0) is 14.6 Å². The zero-order valence-electron chi connectivity index (χ0n) is 22.2. The summed E-state index contributed by atoms with van der Waals surface area (Å²) in [5, 5.41) is 0. The number of likely N-dealkylation sites (N-methyl/N-ethyl adjacent to an activating group) is 1. The Morgan fingerprint density at radius 1 is 0.975 bits per heavy atom. The summed E-state index contributed by atoms with van der Waals surface area (Å²) in [6.45, 7) is 3.51. The Kier molecular flexibility index (Phi) is 7.26. The van der Waals surface area contributed by atoms with Gasteiger partial charge in [0.25, 0.3) is 9.84 Å². The van der Waals surface area contributed by atoms with Crippen LogP contribution in [0, 0.1) is 0 Å². The van der Waals surface area contributed by atoms with Crippen LogP contribution >= 0.6 is 0 Å². The van der Waals surface area contributed by atoms with Crippen LogP contribution in [0.1, 0.15) is 19.8 Å². The molecule has 0 radical (unpaired) electrons. The zero-order valence-corrected chi connectivity index (χ0v) is 23.0. The number of nitrogens with zero attached hydrogens (tertiary/aromatic N) is 4. The molecular formula is C28H29F3N4O4S. The lowest BCUT2D eigenvalue weighted by molar-refractivity contribution is -0.119. The van der Waals surface area contributed by atoms with Gasteiger partial charge in [-0.2, -0.15) is 13.2 Å². The van der Waals surface area contributed by atoms with Crippen molar-refractivity contribution in [2.24, 2.45) is 0 Å². The quantitative estimate of drug-likeness (QED) is 0.419. The van der Waals surface area contributed by atoms with Gasteiger partial charge in [-0.05, 0) is 82.4 Å². The summed E-state index contributed by atoms with van der Waals surface area (Å²) < 4.78 is 70.9. The molecule has 5 rings (SSSR count). The molecule has 2 aromatic carbocycles. The molecule has 2 aliphatic heterocycles. The Hall–Kier alpha value is -3.64. The molecule has 0 N–H and O–H groups in total. The van der Waals surface area contributed by atoms with Crippen molar-refractivity contribution >= 4 is 27.2 Å². The van der Waals surface area contributed by atoms with Gasteiger partial charge in [-0.25, -0.2) is 13.4 Å². The highest BCUT2D eigenvalue weighted by Gasteiger charge is 2.47. The van der Waals surface area contributed by atoms with Crippen LogP contribution in [0.15, 0.2) is 65.6 Å². The number of para-hydroxylation sites is 1. The summed E-state index contributed by atoms with van der Waals surface area (Å²) in [7, 11) is -1.93. The fourth-order valence-corrected chi connectivity index (χ4v) is 6.01. The third-order valence-corrected chi connectivity index (χ3v) is 8.94. The number of halogens is 3. The monoisotopic (exact) mass is 574 g/mol. The van der Waals surface area contributed by atoms with Crippen LogP contribution in [0.3, 0.4) is 0 Å². The SMILES string of the molecule is C[C@@H]1C(=O)N(C)c2ccc(-c3cc(S(=O)(=O)C(F)(F)F)ccc3Oc3ccccc3)nc2N1C1CCN(C)CC1. The molecule has 12 heteroatoms. The lowest BCUT2D eigenvalue weighted by Gasteiger charge is -2.46. The Morgan fingerprint density at radius 2 is 1.65 bits per heavy atom. The van der Waals surface area contributed by atoms with E-state index in [0.717, 1.165) is 38.1 Å². The lowest BCUT2D eigenvalue weighted by Crippen LogP contribution is -2.57. The number of sulfone groups is 1. The molecule has 0 aliphatic carbocycles. The fraction of sp³-hybridized carbons (Fsp3) is 0.357. The molecule has 0 unspecified atom stereocenters. The molecular weight excluding hydrogens is 545 g/mol. The number of rotatable bonds is 5. The molecule has 1 amide bonds. The maximum atomic E-state index is 13.5. The number of anilines is 2. The minimum Gasteiger partial charge on any atom is -0.457 e. The molecule has 0 bridgehead atoms. The molecule has 2 aliphatic rings. The summed E-state index contributed by atoms with van der Waals surface area (Å²) in [4.78, 5) is 22.8. The first kappa shape index (κ1) is 27.9. The van der Waals surface area contributed by atoms with Gasteiger partial charge in [0.2, 0.25) is 5.91 Å². The van der Waals surface area contributed by atoms with E-state index in [0.29, 0.717) is 17.3 Å². The summed E-state index contributed by atoms with van der Waals surface area (Å²) in [6.07, 6.45) is 1.62. The average Bonchev–Trinajstić information content (AvgIpc) is 2.93. The number of aromatic nitrogens is 1. The van der Waals surface area contributed by atoms with Crippen molar-refractivity contribution in [3.05, 3.63) is 60.7 Å². The fourth-order valence-electron chi connectivity index (χ4n) is 5.22. The van der Waals surface area contributed by atoms with Gasteiger partial charge in [-0.3, -0.25) is 4.79 Å². The second-order valence-electron chi connectivity index (χ2n) is 10.1. The molecule has 3 aromatic rings. The van der Waals surface area contributed by atoms with Crippen molar-refractivity contribution in [2.75, 3.05) is 37.0 Å². The highest BCUT2D eigenvalue weighted by Crippen LogP contribution is 2.42. The Labute approximate surface area is 230 Å². The predicted molar refractivity (Wildman–Crippen MR) is 145 cm³/mol. The van der Waals surface area contributed by atoms with Crippen LogP contribution in [0.2, 0.25) is 0 Å². The molecule has 1 fully saturated rings. The van der Waals surface area contributed by atoms with Gasteiger partial charge < -0.3 is 19.4 Å². The number of hydrogen-bond acceptors (Lipinski definition) is 7. The van der Waals surface area contributed by atoms with Crippen molar-refractivity contribution in [3.8, 4) is 22.8 Å². The third kappa shape index (κ3) is 5.01. The molecule has 212 valence electrons. The van der Waals surface area contributed by atoms with E-state index >= 15 is 0 Å². The number of likely N-dealkylation sites (tertiary alicyclic amines) is 1. The first-order valence-electron chi connectivity index (χ1n) is 12.8. The van der Waals surface area contributed by atoms with E-state index < -0.39 is 26.3 Å². The highest BCUT2D eigenvalue weighted by atomic mass is 32.2. The standard InChI is InChI=1S/C28H29F3N4O4S/c1-18-27(36)34(3)24-11-10-23(32-26(24)35(18)19-13-15-33(2)16-14-19)22-17-21(40(37,38)28(29,30)31)9-12-25(22)39-20-7-5-4-6-8-20/h4-12,17-19H,13-16H2,1-3H3/t18-/m1/s1. The van der Waals surface area contributed by atoms with Gasteiger partial charge in [-0.15, -0.1) is 0 Å². The van der Waals surface area contributed by atoms with Crippen molar-refractivity contribution in [2.45, 2.75) is 42.3 Å². The largest absolute Gasteiger partial charge is 0.501 e. The number of fused-ring (bicyclic) bond motifs is 1. The van der Waals surface area contributed by atoms with Crippen molar-refractivity contribution in [1.82, 2.24) is 9.88 Å². The molecule has 8 nitrogen and oxygen atoms in total. The Bertz CT molecular complexity index is 1520. The van der Waals surface area contributed by atoms with Crippen LogP contribution in [-0.4, -0.2) is 69.0 Å². The second-order valence-corrected chi connectivity index (χ2v) is 12.0. The van der Waals surface area contributed by atoms with E-state index in [1.54, 1.807) is 49.5 Å². The van der Waals surface area contributed by atoms with E-state index in [1.165, 1.54) is 11.0 Å². The van der Waals surface area contributed by atoms with E-state index in [9.17, 15) is 26.4 Å². The minimum atomic E-state index is -5.62. The maximum absolute atomic E-state index is 13.5. The summed E-state index contributed by atoms with van der Waals surface area (Å²) in [5.41, 5.74) is -4.61. The first-order chi connectivity index (χ1) is 18.9. The topological polar surface area (TPSA) is 83.0 Å². The molecule has 1 aromatic heterocycles. The number of carbonyl (C=O) groups is 1. The van der Waals surface area contributed by atoms with Gasteiger partial charge in [0.1, 0.15) is 17.5 Å².